The van der Waals surface area contributed by atoms with E-state index in [0.29, 0.717) is 6.04 Å². The van der Waals surface area contributed by atoms with Crippen LogP contribution in [0.1, 0.15) is 39.2 Å². The van der Waals surface area contributed by atoms with Crippen LogP contribution < -0.4 is 15.4 Å². The minimum absolute atomic E-state index is 0.212. The van der Waals surface area contributed by atoms with Gasteiger partial charge in [-0.3, -0.25) is 4.99 Å². The highest BCUT2D eigenvalue weighted by Gasteiger charge is 2.11. The van der Waals surface area contributed by atoms with Crippen LogP contribution >= 0.6 is 0 Å². The Morgan fingerprint density at radius 2 is 1.91 bits per heavy atom. The first-order chi connectivity index (χ1) is 11.2. The van der Waals surface area contributed by atoms with Crippen LogP contribution in [-0.4, -0.2) is 31.2 Å². The first-order valence-electron chi connectivity index (χ1n) is 8.62. The van der Waals surface area contributed by atoms with Crippen molar-refractivity contribution in [3.63, 3.8) is 0 Å². The van der Waals surface area contributed by atoms with Crippen molar-refractivity contribution in [1.82, 2.24) is 10.6 Å². The van der Waals surface area contributed by atoms with E-state index >= 15 is 0 Å². The van der Waals surface area contributed by atoms with E-state index in [1.54, 1.807) is 0 Å². The van der Waals surface area contributed by atoms with Gasteiger partial charge in [0.05, 0.1) is 6.10 Å². The third-order valence-electron chi connectivity index (χ3n) is 3.66. The van der Waals surface area contributed by atoms with Crippen LogP contribution in [0.5, 0.6) is 5.75 Å². The van der Waals surface area contributed by atoms with Crippen LogP contribution in [0, 0.1) is 0 Å². The zero-order valence-electron chi connectivity index (χ0n) is 14.5. The SMILES string of the molecule is CCNC(=NCCc1ccc(OC(C)C)cc1)NC1CC=CC1. The molecule has 1 aliphatic rings. The van der Waals surface area contributed by atoms with Crippen LogP contribution in [0.3, 0.4) is 0 Å². The van der Waals surface area contributed by atoms with Crippen molar-refractivity contribution in [1.29, 1.82) is 0 Å². The van der Waals surface area contributed by atoms with Gasteiger partial charge in [0.25, 0.3) is 0 Å². The predicted molar refractivity (Wildman–Crippen MR) is 97.2 cm³/mol. The number of benzene rings is 1. The number of hydrogen-bond acceptors (Lipinski definition) is 2. The molecule has 2 rings (SSSR count). The summed E-state index contributed by atoms with van der Waals surface area (Å²) in [6, 6.07) is 8.79. The number of ether oxygens (including phenoxy) is 1. The molecule has 0 bridgehead atoms. The average molecular weight is 315 g/mol. The fraction of sp³-hybridized carbons (Fsp3) is 0.526. The van der Waals surface area contributed by atoms with Gasteiger partial charge in [-0.25, -0.2) is 0 Å². The monoisotopic (exact) mass is 315 g/mol. The second kappa shape index (κ2) is 9.23. The van der Waals surface area contributed by atoms with Crippen LogP contribution in [0.15, 0.2) is 41.4 Å². The molecule has 4 heteroatoms. The maximum atomic E-state index is 5.66. The molecule has 0 spiro atoms. The Hall–Kier alpha value is -1.97. The molecule has 0 amide bonds. The molecule has 0 unspecified atom stereocenters. The van der Waals surface area contributed by atoms with Gasteiger partial charge >= 0.3 is 0 Å². The molecule has 0 fully saturated rings. The Labute approximate surface area is 140 Å². The molecule has 0 aromatic heterocycles. The maximum Gasteiger partial charge on any atom is 0.191 e. The van der Waals surface area contributed by atoms with E-state index < -0.39 is 0 Å². The van der Waals surface area contributed by atoms with E-state index in [1.807, 2.05) is 26.0 Å². The van der Waals surface area contributed by atoms with E-state index in [4.69, 9.17) is 4.74 Å². The van der Waals surface area contributed by atoms with Crippen LogP contribution in [-0.2, 0) is 6.42 Å². The van der Waals surface area contributed by atoms with Crippen molar-refractivity contribution in [2.75, 3.05) is 13.1 Å². The zero-order chi connectivity index (χ0) is 16.5. The van der Waals surface area contributed by atoms with Crippen LogP contribution in [0.4, 0.5) is 0 Å². The van der Waals surface area contributed by atoms with Crippen molar-refractivity contribution in [2.24, 2.45) is 4.99 Å². The Morgan fingerprint density at radius 1 is 1.22 bits per heavy atom. The Kier molecular flexibility index (Phi) is 6.98. The summed E-state index contributed by atoms with van der Waals surface area (Å²) < 4.78 is 5.66. The summed E-state index contributed by atoms with van der Waals surface area (Å²) in [6.07, 6.45) is 7.76. The lowest BCUT2D eigenvalue weighted by molar-refractivity contribution is 0.242. The lowest BCUT2D eigenvalue weighted by Crippen LogP contribution is -2.42. The van der Waals surface area contributed by atoms with Gasteiger partial charge in [0.2, 0.25) is 0 Å². The van der Waals surface area contributed by atoms with Crippen molar-refractivity contribution >= 4 is 5.96 Å². The van der Waals surface area contributed by atoms with E-state index in [9.17, 15) is 0 Å². The lowest BCUT2D eigenvalue weighted by Gasteiger charge is -2.16. The highest BCUT2D eigenvalue weighted by molar-refractivity contribution is 5.80. The van der Waals surface area contributed by atoms with Crippen molar-refractivity contribution in [3.8, 4) is 5.75 Å². The molecule has 0 radical (unpaired) electrons. The summed E-state index contributed by atoms with van der Waals surface area (Å²) in [5.74, 6) is 1.84. The highest BCUT2D eigenvalue weighted by Crippen LogP contribution is 2.14. The highest BCUT2D eigenvalue weighted by atomic mass is 16.5. The number of rotatable bonds is 7. The number of hydrogen-bond donors (Lipinski definition) is 2. The smallest absolute Gasteiger partial charge is 0.191 e. The van der Waals surface area contributed by atoms with Gasteiger partial charge in [-0.05, 0) is 57.7 Å². The van der Waals surface area contributed by atoms with Crippen molar-refractivity contribution < 1.29 is 4.74 Å². The molecule has 0 heterocycles. The summed E-state index contributed by atoms with van der Waals surface area (Å²) in [5, 5.41) is 6.81. The molecule has 2 N–H and O–H groups in total. The summed E-state index contributed by atoms with van der Waals surface area (Å²) in [6.45, 7) is 7.83. The molecule has 23 heavy (non-hydrogen) atoms. The number of nitrogens with one attached hydrogen (secondary N) is 2. The molecule has 0 saturated carbocycles. The lowest BCUT2D eigenvalue weighted by atomic mass is 10.1. The first-order valence-corrected chi connectivity index (χ1v) is 8.62. The van der Waals surface area contributed by atoms with Crippen molar-refractivity contribution in [3.05, 3.63) is 42.0 Å². The molecule has 0 aliphatic heterocycles. The third-order valence-corrected chi connectivity index (χ3v) is 3.66. The van der Waals surface area contributed by atoms with E-state index in [1.165, 1.54) is 5.56 Å². The average Bonchev–Trinajstić information content (AvgIpc) is 3.01. The Bertz CT molecular complexity index is 512. The summed E-state index contributed by atoms with van der Waals surface area (Å²) >= 11 is 0. The molecule has 1 aromatic carbocycles. The minimum atomic E-state index is 0.212. The normalized spacial score (nSPS) is 15.2. The van der Waals surface area contributed by atoms with E-state index in [-0.39, 0.29) is 6.10 Å². The maximum absolute atomic E-state index is 5.66. The van der Waals surface area contributed by atoms with Crippen molar-refractivity contribution in [2.45, 2.75) is 52.2 Å². The second-order valence-corrected chi connectivity index (χ2v) is 6.11. The topological polar surface area (TPSA) is 45.7 Å². The predicted octanol–water partition coefficient (Wildman–Crippen LogP) is 3.29. The first kappa shape index (κ1) is 17.4. The van der Waals surface area contributed by atoms with Gasteiger partial charge in [0.1, 0.15) is 5.75 Å². The minimum Gasteiger partial charge on any atom is -0.491 e. The molecule has 1 aromatic rings. The summed E-state index contributed by atoms with van der Waals surface area (Å²) in [5.41, 5.74) is 1.28. The molecular weight excluding hydrogens is 286 g/mol. The largest absolute Gasteiger partial charge is 0.491 e. The molecule has 4 nitrogen and oxygen atoms in total. The van der Waals surface area contributed by atoms with Gasteiger partial charge < -0.3 is 15.4 Å². The van der Waals surface area contributed by atoms with Gasteiger partial charge in [-0.15, -0.1) is 0 Å². The Morgan fingerprint density at radius 3 is 2.52 bits per heavy atom. The van der Waals surface area contributed by atoms with Crippen LogP contribution in [0.2, 0.25) is 0 Å². The summed E-state index contributed by atoms with van der Waals surface area (Å²) in [4.78, 5) is 4.68. The fourth-order valence-electron chi connectivity index (χ4n) is 2.55. The zero-order valence-corrected chi connectivity index (χ0v) is 14.5. The molecule has 126 valence electrons. The van der Waals surface area contributed by atoms with Gasteiger partial charge in [0, 0.05) is 19.1 Å². The van der Waals surface area contributed by atoms with Gasteiger partial charge in [-0.1, -0.05) is 24.3 Å². The molecule has 0 saturated heterocycles. The summed E-state index contributed by atoms with van der Waals surface area (Å²) in [7, 11) is 0. The number of nitrogens with zero attached hydrogens (tertiary/aromatic N) is 1. The quantitative estimate of drug-likeness (QED) is 0.461. The number of aliphatic imine (C=N–C) groups is 1. The number of guanidine groups is 1. The fourth-order valence-corrected chi connectivity index (χ4v) is 2.55. The second-order valence-electron chi connectivity index (χ2n) is 6.11. The van der Waals surface area contributed by atoms with E-state index in [0.717, 1.165) is 44.1 Å². The standard InChI is InChI=1S/C19H29N3O/c1-4-20-19(22-17-7-5-6-8-17)21-14-13-16-9-11-18(12-10-16)23-15(2)3/h5-6,9-12,15,17H,4,7-8,13-14H2,1-3H3,(H2,20,21,22). The molecular formula is C19H29N3O. The van der Waals surface area contributed by atoms with Gasteiger partial charge in [0.15, 0.2) is 5.96 Å². The third kappa shape index (κ3) is 6.35. The van der Waals surface area contributed by atoms with Gasteiger partial charge in [-0.2, -0.15) is 0 Å². The van der Waals surface area contributed by atoms with E-state index in [2.05, 4.69) is 46.8 Å². The Balaban J connectivity index is 1.82. The molecule has 0 atom stereocenters. The molecule has 1 aliphatic carbocycles. The van der Waals surface area contributed by atoms with Crippen LogP contribution in [0.25, 0.3) is 0 Å².